The maximum absolute atomic E-state index is 5.62. The van der Waals surface area contributed by atoms with E-state index in [1.807, 2.05) is 0 Å². The molecule has 2 N–H and O–H groups in total. The number of nitrogens with zero attached hydrogens (tertiary/aromatic N) is 3. The molecule has 0 saturated heterocycles. The minimum atomic E-state index is 0.665. The maximum Gasteiger partial charge on any atom is 0.205 e. The summed E-state index contributed by atoms with van der Waals surface area (Å²) in [5, 5.41) is 1.13. The minimum absolute atomic E-state index is 0.665. The Morgan fingerprint density at radius 1 is 1.29 bits per heavy atom. The topological polar surface area (TPSA) is 55.0 Å². The van der Waals surface area contributed by atoms with Gasteiger partial charge in [-0.3, -0.25) is 0 Å². The Labute approximate surface area is 106 Å². The molecular weight excluding hydrogens is 232 g/mol. The molecule has 1 aromatic heterocycles. The van der Waals surface area contributed by atoms with Crippen LogP contribution in [0, 0.1) is 0 Å². The first-order chi connectivity index (χ1) is 8.38. The molecular formula is C12H20N4S. The van der Waals surface area contributed by atoms with Gasteiger partial charge in [0.2, 0.25) is 5.13 Å². The highest BCUT2D eigenvalue weighted by molar-refractivity contribution is 7.09. The van der Waals surface area contributed by atoms with E-state index in [9.17, 15) is 0 Å². The summed E-state index contributed by atoms with van der Waals surface area (Å²) in [6, 6.07) is 0.696. The smallest absolute Gasteiger partial charge is 0.205 e. The summed E-state index contributed by atoms with van der Waals surface area (Å²) in [4.78, 5) is 7.17. The first-order valence-corrected chi connectivity index (χ1v) is 7.46. The number of nitrogens with two attached hydrogens (primary N) is 1. The van der Waals surface area contributed by atoms with Gasteiger partial charge in [-0.25, -0.2) is 4.98 Å². The van der Waals surface area contributed by atoms with E-state index >= 15 is 0 Å². The Kier molecular flexibility index (Phi) is 3.29. The van der Waals surface area contributed by atoms with Gasteiger partial charge in [0.1, 0.15) is 5.82 Å². The average Bonchev–Trinajstić information content (AvgIpc) is 3.01. The predicted molar refractivity (Wildman–Crippen MR) is 70.5 cm³/mol. The van der Waals surface area contributed by atoms with Gasteiger partial charge in [0, 0.05) is 30.0 Å². The molecule has 94 valence electrons. The van der Waals surface area contributed by atoms with Gasteiger partial charge in [-0.2, -0.15) is 4.37 Å². The number of rotatable bonds is 6. The molecule has 1 aromatic rings. The summed E-state index contributed by atoms with van der Waals surface area (Å²) in [6.45, 7) is 1.80. The van der Waals surface area contributed by atoms with Crippen molar-refractivity contribution in [3.05, 3.63) is 5.82 Å². The lowest BCUT2D eigenvalue weighted by Gasteiger charge is -2.37. The highest BCUT2D eigenvalue weighted by atomic mass is 32.1. The van der Waals surface area contributed by atoms with E-state index < -0.39 is 0 Å². The molecule has 0 bridgehead atoms. The summed E-state index contributed by atoms with van der Waals surface area (Å²) in [5.41, 5.74) is 5.62. The molecule has 17 heavy (non-hydrogen) atoms. The Hall–Kier alpha value is -0.680. The van der Waals surface area contributed by atoms with Crippen LogP contribution in [0.2, 0.25) is 0 Å². The lowest BCUT2D eigenvalue weighted by Crippen LogP contribution is -2.41. The van der Waals surface area contributed by atoms with Gasteiger partial charge in [0.25, 0.3) is 0 Å². The van der Waals surface area contributed by atoms with Crippen LogP contribution in [0.3, 0.4) is 0 Å². The molecule has 2 fully saturated rings. The molecule has 0 aromatic carbocycles. The summed E-state index contributed by atoms with van der Waals surface area (Å²) < 4.78 is 4.51. The van der Waals surface area contributed by atoms with Crippen molar-refractivity contribution in [2.24, 2.45) is 5.73 Å². The third-order valence-electron chi connectivity index (χ3n) is 3.74. The Morgan fingerprint density at radius 3 is 2.71 bits per heavy atom. The van der Waals surface area contributed by atoms with Crippen LogP contribution in [0.1, 0.15) is 50.3 Å². The second-order valence-corrected chi connectivity index (χ2v) is 5.86. The molecule has 0 radical (unpaired) electrons. The van der Waals surface area contributed by atoms with E-state index in [-0.39, 0.29) is 0 Å². The number of hydrogen-bond donors (Lipinski definition) is 1. The summed E-state index contributed by atoms with van der Waals surface area (Å²) in [6.07, 6.45) is 7.59. The Morgan fingerprint density at radius 2 is 2.12 bits per heavy atom. The fourth-order valence-electron chi connectivity index (χ4n) is 2.24. The first kappa shape index (κ1) is 11.4. The maximum atomic E-state index is 5.62. The van der Waals surface area contributed by atoms with E-state index in [0.717, 1.165) is 30.5 Å². The second kappa shape index (κ2) is 4.90. The van der Waals surface area contributed by atoms with Crippen molar-refractivity contribution in [1.29, 1.82) is 0 Å². The van der Waals surface area contributed by atoms with Crippen LogP contribution < -0.4 is 10.6 Å². The normalized spacial score (nSPS) is 20.3. The second-order valence-electron chi connectivity index (χ2n) is 5.13. The van der Waals surface area contributed by atoms with Crippen LogP contribution in [0.4, 0.5) is 5.13 Å². The van der Waals surface area contributed by atoms with Gasteiger partial charge in [-0.1, -0.05) is 0 Å². The van der Waals surface area contributed by atoms with Crippen molar-refractivity contribution in [3.63, 3.8) is 0 Å². The van der Waals surface area contributed by atoms with E-state index in [4.69, 9.17) is 10.7 Å². The third kappa shape index (κ3) is 2.45. The molecule has 4 nitrogen and oxygen atoms in total. The largest absolute Gasteiger partial charge is 0.344 e. The number of aromatic nitrogens is 2. The van der Waals surface area contributed by atoms with Crippen LogP contribution in [0.15, 0.2) is 0 Å². The van der Waals surface area contributed by atoms with E-state index in [1.54, 1.807) is 11.5 Å². The zero-order valence-electron chi connectivity index (χ0n) is 10.1. The highest BCUT2D eigenvalue weighted by Gasteiger charge is 2.31. The molecule has 0 spiro atoms. The molecule has 3 rings (SSSR count). The molecule has 0 unspecified atom stereocenters. The van der Waals surface area contributed by atoms with Gasteiger partial charge >= 0.3 is 0 Å². The standard InChI is InChI=1S/C12H20N4S/c13-7-2-8-16(10-3-1-4-10)12-14-11(15-17-12)9-5-6-9/h9-10H,1-8,13H2. The molecule has 1 heterocycles. The quantitative estimate of drug-likeness (QED) is 0.842. The van der Waals surface area contributed by atoms with E-state index in [0.29, 0.717) is 12.0 Å². The third-order valence-corrected chi connectivity index (χ3v) is 4.51. The zero-order valence-corrected chi connectivity index (χ0v) is 11.0. The molecule has 0 atom stereocenters. The zero-order chi connectivity index (χ0) is 11.7. The van der Waals surface area contributed by atoms with Crippen molar-refractivity contribution in [1.82, 2.24) is 9.36 Å². The van der Waals surface area contributed by atoms with Crippen LogP contribution >= 0.6 is 11.5 Å². The van der Waals surface area contributed by atoms with Crippen molar-refractivity contribution in [2.45, 2.75) is 50.5 Å². The van der Waals surface area contributed by atoms with Crippen molar-refractivity contribution >= 4 is 16.7 Å². The summed E-state index contributed by atoms with van der Waals surface area (Å²) >= 11 is 1.58. The van der Waals surface area contributed by atoms with Gasteiger partial charge in [-0.05, 0) is 45.1 Å². The van der Waals surface area contributed by atoms with E-state index in [1.165, 1.54) is 32.1 Å². The average molecular weight is 252 g/mol. The van der Waals surface area contributed by atoms with Gasteiger partial charge in [-0.15, -0.1) is 0 Å². The van der Waals surface area contributed by atoms with Crippen molar-refractivity contribution in [3.8, 4) is 0 Å². The van der Waals surface area contributed by atoms with Crippen LogP contribution in [0.25, 0.3) is 0 Å². The van der Waals surface area contributed by atoms with Crippen LogP contribution in [-0.2, 0) is 0 Å². The van der Waals surface area contributed by atoms with E-state index in [2.05, 4.69) is 9.27 Å². The van der Waals surface area contributed by atoms with Crippen molar-refractivity contribution < 1.29 is 0 Å². The lowest BCUT2D eigenvalue weighted by atomic mass is 9.92. The molecule has 2 saturated carbocycles. The predicted octanol–water partition coefficient (Wildman–Crippen LogP) is 2.12. The van der Waals surface area contributed by atoms with Gasteiger partial charge < -0.3 is 10.6 Å². The van der Waals surface area contributed by atoms with Crippen LogP contribution in [-0.4, -0.2) is 28.5 Å². The Balaban J connectivity index is 1.70. The number of anilines is 1. The SMILES string of the molecule is NCCCN(c1nc(C2CC2)ns1)C1CCC1. The molecule has 0 aliphatic heterocycles. The highest BCUT2D eigenvalue weighted by Crippen LogP contribution is 2.40. The molecule has 2 aliphatic carbocycles. The summed E-state index contributed by atoms with van der Waals surface area (Å²) in [7, 11) is 0. The molecule has 2 aliphatic rings. The van der Waals surface area contributed by atoms with Gasteiger partial charge in [0.05, 0.1) is 0 Å². The van der Waals surface area contributed by atoms with Crippen molar-refractivity contribution in [2.75, 3.05) is 18.0 Å². The number of hydrogen-bond acceptors (Lipinski definition) is 5. The van der Waals surface area contributed by atoms with Crippen LogP contribution in [0.5, 0.6) is 0 Å². The minimum Gasteiger partial charge on any atom is -0.344 e. The van der Waals surface area contributed by atoms with Gasteiger partial charge in [0.15, 0.2) is 0 Å². The molecule has 5 heteroatoms. The fraction of sp³-hybridized carbons (Fsp3) is 0.833. The monoisotopic (exact) mass is 252 g/mol. The summed E-state index contributed by atoms with van der Waals surface area (Å²) in [5.74, 6) is 1.75. The molecule has 0 amide bonds. The fourth-order valence-corrected chi connectivity index (χ4v) is 3.09. The Bertz CT molecular complexity index is 370. The lowest BCUT2D eigenvalue weighted by molar-refractivity contribution is 0.384. The first-order valence-electron chi connectivity index (χ1n) is 6.69.